The van der Waals surface area contributed by atoms with Crippen LogP contribution in [0.4, 0.5) is 0 Å². The van der Waals surface area contributed by atoms with Crippen LogP contribution in [0.25, 0.3) is 0 Å². The maximum absolute atomic E-state index is 11.8. The molecule has 0 aromatic carbocycles. The van der Waals surface area contributed by atoms with E-state index in [1.807, 2.05) is 6.92 Å². The fraction of sp³-hybridized carbons (Fsp3) is 0.636. The van der Waals surface area contributed by atoms with Crippen LogP contribution in [0.2, 0.25) is 0 Å². The van der Waals surface area contributed by atoms with Gasteiger partial charge in [-0.15, -0.1) is 0 Å². The SMILES string of the molecule is CCCn1nccc1C(=O)CC(N)CC. The lowest BCUT2D eigenvalue weighted by atomic mass is 10.1. The van der Waals surface area contributed by atoms with Crippen molar-refractivity contribution in [1.82, 2.24) is 9.78 Å². The molecule has 1 heterocycles. The highest BCUT2D eigenvalue weighted by Crippen LogP contribution is 2.06. The minimum Gasteiger partial charge on any atom is -0.327 e. The van der Waals surface area contributed by atoms with Gasteiger partial charge in [-0.05, 0) is 18.9 Å². The van der Waals surface area contributed by atoms with Crippen molar-refractivity contribution in [2.45, 2.75) is 45.7 Å². The molecular formula is C11H19N3O. The summed E-state index contributed by atoms with van der Waals surface area (Å²) in [5, 5.41) is 4.12. The molecule has 1 rings (SSSR count). The Hall–Kier alpha value is -1.16. The largest absolute Gasteiger partial charge is 0.327 e. The average Bonchev–Trinajstić information content (AvgIpc) is 2.66. The van der Waals surface area contributed by atoms with Gasteiger partial charge in [0.05, 0.1) is 0 Å². The molecule has 0 aliphatic heterocycles. The van der Waals surface area contributed by atoms with E-state index in [4.69, 9.17) is 5.73 Å². The number of nitrogens with zero attached hydrogens (tertiary/aromatic N) is 2. The summed E-state index contributed by atoms with van der Waals surface area (Å²) in [6.07, 6.45) is 3.88. The summed E-state index contributed by atoms with van der Waals surface area (Å²) >= 11 is 0. The Morgan fingerprint density at radius 2 is 2.33 bits per heavy atom. The van der Waals surface area contributed by atoms with Gasteiger partial charge in [-0.1, -0.05) is 13.8 Å². The van der Waals surface area contributed by atoms with Gasteiger partial charge in [0.1, 0.15) is 5.69 Å². The fourth-order valence-electron chi connectivity index (χ4n) is 1.45. The maximum atomic E-state index is 11.8. The monoisotopic (exact) mass is 209 g/mol. The van der Waals surface area contributed by atoms with Crippen molar-refractivity contribution in [2.24, 2.45) is 5.73 Å². The van der Waals surface area contributed by atoms with E-state index in [0.29, 0.717) is 12.1 Å². The van der Waals surface area contributed by atoms with Crippen LogP contribution in [-0.2, 0) is 6.54 Å². The molecule has 0 aliphatic carbocycles. The van der Waals surface area contributed by atoms with Gasteiger partial charge < -0.3 is 5.73 Å². The molecule has 4 nitrogen and oxygen atoms in total. The second-order valence-electron chi connectivity index (χ2n) is 3.74. The zero-order chi connectivity index (χ0) is 11.3. The average molecular weight is 209 g/mol. The molecule has 0 saturated carbocycles. The van der Waals surface area contributed by atoms with Gasteiger partial charge in [-0.2, -0.15) is 5.10 Å². The highest BCUT2D eigenvalue weighted by molar-refractivity contribution is 5.94. The third-order valence-corrected chi connectivity index (χ3v) is 2.41. The molecule has 2 N–H and O–H groups in total. The maximum Gasteiger partial charge on any atom is 0.182 e. The number of hydrogen-bond acceptors (Lipinski definition) is 3. The number of rotatable bonds is 6. The minimum atomic E-state index is -0.0394. The predicted octanol–water partition coefficient (Wildman–Crippen LogP) is 1.60. The first-order valence-electron chi connectivity index (χ1n) is 5.49. The van der Waals surface area contributed by atoms with Gasteiger partial charge in [0, 0.05) is 25.2 Å². The first-order valence-corrected chi connectivity index (χ1v) is 5.49. The molecule has 1 aromatic heterocycles. The number of carbonyl (C=O) groups excluding carboxylic acids is 1. The summed E-state index contributed by atoms with van der Waals surface area (Å²) in [7, 11) is 0. The van der Waals surface area contributed by atoms with Crippen molar-refractivity contribution in [3.63, 3.8) is 0 Å². The lowest BCUT2D eigenvalue weighted by Gasteiger charge is -2.08. The molecule has 0 amide bonds. The van der Waals surface area contributed by atoms with Crippen LogP contribution in [0, 0.1) is 0 Å². The Balaban J connectivity index is 2.68. The van der Waals surface area contributed by atoms with Crippen molar-refractivity contribution in [3.05, 3.63) is 18.0 Å². The van der Waals surface area contributed by atoms with E-state index in [1.54, 1.807) is 16.9 Å². The molecule has 0 radical (unpaired) electrons. The van der Waals surface area contributed by atoms with Crippen LogP contribution in [0.3, 0.4) is 0 Å². The summed E-state index contributed by atoms with van der Waals surface area (Å²) in [6, 6.07) is 1.72. The first-order chi connectivity index (χ1) is 7.19. The molecule has 4 heteroatoms. The zero-order valence-electron chi connectivity index (χ0n) is 9.44. The topological polar surface area (TPSA) is 60.9 Å². The van der Waals surface area contributed by atoms with Gasteiger partial charge in [-0.25, -0.2) is 0 Å². The molecule has 0 fully saturated rings. The predicted molar refractivity (Wildman–Crippen MR) is 59.7 cm³/mol. The van der Waals surface area contributed by atoms with Crippen LogP contribution >= 0.6 is 0 Å². The molecule has 1 atom stereocenters. The summed E-state index contributed by atoms with van der Waals surface area (Å²) in [6.45, 7) is 4.84. The smallest absolute Gasteiger partial charge is 0.182 e. The van der Waals surface area contributed by atoms with Crippen molar-refractivity contribution in [1.29, 1.82) is 0 Å². The normalized spacial score (nSPS) is 12.7. The van der Waals surface area contributed by atoms with Crippen LogP contribution in [0.5, 0.6) is 0 Å². The van der Waals surface area contributed by atoms with E-state index in [0.717, 1.165) is 19.4 Å². The van der Waals surface area contributed by atoms with Gasteiger partial charge in [0.25, 0.3) is 0 Å². The number of aryl methyl sites for hydroxylation is 1. The number of Topliss-reactive ketones (excluding diaryl/α,β-unsaturated/α-hetero) is 1. The number of hydrogen-bond donors (Lipinski definition) is 1. The summed E-state index contributed by atoms with van der Waals surface area (Å²) in [5.41, 5.74) is 6.43. The van der Waals surface area contributed by atoms with E-state index < -0.39 is 0 Å². The van der Waals surface area contributed by atoms with Crippen LogP contribution in [0.1, 0.15) is 43.6 Å². The fourth-order valence-corrected chi connectivity index (χ4v) is 1.45. The minimum absolute atomic E-state index is 0.0394. The number of carbonyl (C=O) groups is 1. The lowest BCUT2D eigenvalue weighted by Crippen LogP contribution is -2.24. The number of aromatic nitrogens is 2. The Kier molecular flexibility index (Phi) is 4.49. The molecule has 1 aromatic rings. The van der Waals surface area contributed by atoms with Crippen molar-refractivity contribution in [2.75, 3.05) is 0 Å². The van der Waals surface area contributed by atoms with Crippen LogP contribution in [-0.4, -0.2) is 21.6 Å². The second-order valence-corrected chi connectivity index (χ2v) is 3.74. The molecular weight excluding hydrogens is 190 g/mol. The lowest BCUT2D eigenvalue weighted by molar-refractivity contribution is 0.0963. The van der Waals surface area contributed by atoms with Crippen LogP contribution < -0.4 is 5.73 Å². The highest BCUT2D eigenvalue weighted by atomic mass is 16.1. The molecule has 0 saturated heterocycles. The molecule has 84 valence electrons. The van der Waals surface area contributed by atoms with Gasteiger partial charge in [0.2, 0.25) is 0 Å². The Labute approximate surface area is 90.5 Å². The van der Waals surface area contributed by atoms with Crippen molar-refractivity contribution < 1.29 is 4.79 Å². The van der Waals surface area contributed by atoms with Crippen LogP contribution in [0.15, 0.2) is 12.3 Å². The Bertz CT molecular complexity index is 319. The van der Waals surface area contributed by atoms with Crippen molar-refractivity contribution >= 4 is 5.78 Å². The second kappa shape index (κ2) is 5.66. The standard InChI is InChI=1S/C11H19N3O/c1-3-7-14-10(5-6-13-14)11(15)8-9(12)4-2/h5-6,9H,3-4,7-8,12H2,1-2H3. The van der Waals surface area contributed by atoms with Gasteiger partial charge in [-0.3, -0.25) is 9.48 Å². The third-order valence-electron chi connectivity index (χ3n) is 2.41. The molecule has 1 unspecified atom stereocenters. The number of nitrogens with two attached hydrogens (primary N) is 1. The van der Waals surface area contributed by atoms with Gasteiger partial charge in [0.15, 0.2) is 5.78 Å². The third kappa shape index (κ3) is 3.16. The molecule has 15 heavy (non-hydrogen) atoms. The van der Waals surface area contributed by atoms with Crippen molar-refractivity contribution in [3.8, 4) is 0 Å². The molecule has 0 aliphatic rings. The van der Waals surface area contributed by atoms with E-state index in [-0.39, 0.29) is 11.8 Å². The van der Waals surface area contributed by atoms with Gasteiger partial charge >= 0.3 is 0 Å². The molecule has 0 spiro atoms. The van der Waals surface area contributed by atoms with E-state index in [2.05, 4.69) is 12.0 Å². The van der Waals surface area contributed by atoms with E-state index in [9.17, 15) is 4.79 Å². The molecule has 0 bridgehead atoms. The van der Waals surface area contributed by atoms with E-state index in [1.165, 1.54) is 0 Å². The van der Waals surface area contributed by atoms with E-state index >= 15 is 0 Å². The number of ketones is 1. The summed E-state index contributed by atoms with van der Waals surface area (Å²) in [5.74, 6) is 0.0929. The zero-order valence-corrected chi connectivity index (χ0v) is 9.44. The Morgan fingerprint density at radius 3 is 2.93 bits per heavy atom. The highest BCUT2D eigenvalue weighted by Gasteiger charge is 2.14. The summed E-state index contributed by atoms with van der Waals surface area (Å²) < 4.78 is 1.75. The quantitative estimate of drug-likeness (QED) is 0.724. The summed E-state index contributed by atoms with van der Waals surface area (Å²) in [4.78, 5) is 11.8. The Morgan fingerprint density at radius 1 is 1.60 bits per heavy atom. The first kappa shape index (κ1) is 11.9.